The van der Waals surface area contributed by atoms with Crippen LogP contribution in [0.1, 0.15) is 18.4 Å². The molecule has 0 aromatic heterocycles. The summed E-state index contributed by atoms with van der Waals surface area (Å²) >= 11 is 3.32. The molecule has 0 bridgehead atoms. The average Bonchev–Trinajstić information content (AvgIpc) is 2.30. The number of benzene rings is 1. The monoisotopic (exact) mass is 289 g/mol. The van der Waals surface area contributed by atoms with Crippen LogP contribution in [0.25, 0.3) is 0 Å². The van der Waals surface area contributed by atoms with E-state index in [1.54, 1.807) is 0 Å². The van der Waals surface area contributed by atoms with Crippen LogP contribution in [0.5, 0.6) is 0 Å². The van der Waals surface area contributed by atoms with Gasteiger partial charge >= 0.3 is 0 Å². The van der Waals surface area contributed by atoms with Crippen LogP contribution in [0.3, 0.4) is 0 Å². The summed E-state index contributed by atoms with van der Waals surface area (Å²) in [4.78, 5) is 0. The van der Waals surface area contributed by atoms with E-state index in [0.29, 0.717) is 25.9 Å². The first-order valence-corrected chi connectivity index (χ1v) is 6.19. The quantitative estimate of drug-likeness (QED) is 0.881. The molecule has 0 amide bonds. The Kier molecular flexibility index (Phi) is 3.60. The predicted octanol–water partition coefficient (Wildman–Crippen LogP) is 3.34. The lowest BCUT2D eigenvalue weighted by atomic mass is 9.73. The van der Waals surface area contributed by atoms with Crippen LogP contribution in [0, 0.1) is 0 Å². The van der Waals surface area contributed by atoms with Gasteiger partial charge in [0.25, 0.3) is 0 Å². The van der Waals surface area contributed by atoms with Crippen LogP contribution >= 0.6 is 15.9 Å². The first-order chi connectivity index (χ1) is 7.65. The number of piperidine rings is 1. The Labute approximate surface area is 102 Å². The zero-order valence-electron chi connectivity index (χ0n) is 8.85. The van der Waals surface area contributed by atoms with Crippen molar-refractivity contribution in [2.24, 2.45) is 0 Å². The molecule has 88 valence electrons. The van der Waals surface area contributed by atoms with Crippen molar-refractivity contribution in [2.45, 2.75) is 24.7 Å². The molecule has 4 heteroatoms. The van der Waals surface area contributed by atoms with Gasteiger partial charge in [-0.2, -0.15) is 0 Å². The van der Waals surface area contributed by atoms with Crippen molar-refractivity contribution < 1.29 is 8.78 Å². The molecule has 1 aliphatic heterocycles. The summed E-state index contributed by atoms with van der Waals surface area (Å²) in [6.07, 6.45) is -1.28. The van der Waals surface area contributed by atoms with Crippen molar-refractivity contribution in [2.75, 3.05) is 13.1 Å². The number of hydrogen-bond acceptors (Lipinski definition) is 1. The summed E-state index contributed by atoms with van der Waals surface area (Å²) in [6, 6.07) is 7.28. The van der Waals surface area contributed by atoms with Crippen LogP contribution in [0.15, 0.2) is 28.7 Å². The molecule has 0 atom stereocenters. The van der Waals surface area contributed by atoms with Gasteiger partial charge in [0.05, 0.1) is 5.41 Å². The molecule has 16 heavy (non-hydrogen) atoms. The molecule has 0 aliphatic carbocycles. The zero-order chi connectivity index (χ0) is 11.6. The molecular weight excluding hydrogens is 276 g/mol. The molecule has 2 rings (SSSR count). The van der Waals surface area contributed by atoms with Crippen LogP contribution in [0.2, 0.25) is 0 Å². The Hall–Kier alpha value is -0.480. The van der Waals surface area contributed by atoms with Crippen molar-refractivity contribution in [3.05, 3.63) is 34.3 Å². The minimum atomic E-state index is -2.30. The molecule has 1 nitrogen and oxygen atoms in total. The lowest BCUT2D eigenvalue weighted by Crippen LogP contribution is -2.44. The van der Waals surface area contributed by atoms with Crippen molar-refractivity contribution in [3.63, 3.8) is 0 Å². The Morgan fingerprint density at radius 1 is 1.12 bits per heavy atom. The van der Waals surface area contributed by atoms with E-state index in [1.807, 2.05) is 24.3 Å². The highest BCUT2D eigenvalue weighted by Gasteiger charge is 2.42. The summed E-state index contributed by atoms with van der Waals surface area (Å²) in [5.41, 5.74) is -0.196. The van der Waals surface area contributed by atoms with Gasteiger partial charge in [0, 0.05) is 4.47 Å². The fraction of sp³-hybridized carbons (Fsp3) is 0.500. The second kappa shape index (κ2) is 4.80. The van der Waals surface area contributed by atoms with E-state index in [0.717, 1.165) is 10.0 Å². The average molecular weight is 290 g/mol. The van der Waals surface area contributed by atoms with Crippen molar-refractivity contribution in [1.82, 2.24) is 5.32 Å². The third-order valence-electron chi connectivity index (χ3n) is 3.33. The van der Waals surface area contributed by atoms with Crippen LogP contribution in [0.4, 0.5) is 8.78 Å². The van der Waals surface area contributed by atoms with Gasteiger partial charge < -0.3 is 5.32 Å². The fourth-order valence-electron chi connectivity index (χ4n) is 2.29. The van der Waals surface area contributed by atoms with Crippen molar-refractivity contribution in [3.8, 4) is 0 Å². The van der Waals surface area contributed by atoms with E-state index in [2.05, 4.69) is 21.2 Å². The van der Waals surface area contributed by atoms with Gasteiger partial charge in [-0.25, -0.2) is 8.78 Å². The number of rotatable bonds is 2. The predicted molar refractivity (Wildman–Crippen MR) is 63.9 cm³/mol. The molecular formula is C12H14BrF2N. The summed E-state index contributed by atoms with van der Waals surface area (Å²) < 4.78 is 27.6. The molecule has 1 aliphatic rings. The minimum Gasteiger partial charge on any atom is -0.317 e. The molecule has 1 aromatic carbocycles. The number of hydrogen-bond donors (Lipinski definition) is 1. The summed E-state index contributed by atoms with van der Waals surface area (Å²) in [5, 5.41) is 3.13. The highest BCUT2D eigenvalue weighted by Crippen LogP contribution is 2.39. The molecule has 1 aromatic rings. The van der Waals surface area contributed by atoms with Gasteiger partial charge in [-0.3, -0.25) is 0 Å². The maximum absolute atomic E-state index is 13.3. The third-order valence-corrected chi connectivity index (χ3v) is 3.86. The SMILES string of the molecule is FC(F)C1(c2ccc(Br)cc2)CCNCC1. The summed E-state index contributed by atoms with van der Waals surface area (Å²) in [7, 11) is 0. The summed E-state index contributed by atoms with van der Waals surface area (Å²) in [5.74, 6) is 0. The molecule has 1 saturated heterocycles. The van der Waals surface area contributed by atoms with E-state index in [-0.39, 0.29) is 0 Å². The Bertz CT molecular complexity index is 345. The molecule has 0 saturated carbocycles. The number of alkyl halides is 2. The lowest BCUT2D eigenvalue weighted by molar-refractivity contribution is 0.0295. The lowest BCUT2D eigenvalue weighted by Gasteiger charge is -2.37. The topological polar surface area (TPSA) is 12.0 Å². The second-order valence-electron chi connectivity index (χ2n) is 4.21. The fourth-order valence-corrected chi connectivity index (χ4v) is 2.55. The zero-order valence-corrected chi connectivity index (χ0v) is 10.4. The van der Waals surface area contributed by atoms with E-state index in [9.17, 15) is 8.78 Å². The van der Waals surface area contributed by atoms with E-state index in [4.69, 9.17) is 0 Å². The van der Waals surface area contributed by atoms with Gasteiger partial charge in [-0.1, -0.05) is 28.1 Å². The van der Waals surface area contributed by atoms with Crippen LogP contribution < -0.4 is 5.32 Å². The molecule has 1 heterocycles. The molecule has 0 spiro atoms. The highest BCUT2D eigenvalue weighted by molar-refractivity contribution is 9.10. The molecule has 0 unspecified atom stereocenters. The Morgan fingerprint density at radius 2 is 1.69 bits per heavy atom. The Balaban J connectivity index is 2.34. The van der Waals surface area contributed by atoms with Gasteiger partial charge in [-0.15, -0.1) is 0 Å². The number of nitrogens with one attached hydrogen (secondary N) is 1. The largest absolute Gasteiger partial charge is 0.317 e. The third kappa shape index (κ3) is 2.13. The Morgan fingerprint density at radius 3 is 2.19 bits per heavy atom. The van der Waals surface area contributed by atoms with Crippen molar-refractivity contribution >= 4 is 15.9 Å². The number of halogens is 3. The molecule has 0 radical (unpaired) electrons. The smallest absolute Gasteiger partial charge is 0.248 e. The van der Waals surface area contributed by atoms with E-state index < -0.39 is 11.8 Å². The standard InChI is InChI=1S/C12H14BrF2N/c13-10-3-1-9(2-4-10)12(11(14)15)5-7-16-8-6-12/h1-4,11,16H,5-8H2. The van der Waals surface area contributed by atoms with Crippen LogP contribution in [-0.4, -0.2) is 19.5 Å². The van der Waals surface area contributed by atoms with Gasteiger partial charge in [0.2, 0.25) is 6.43 Å². The van der Waals surface area contributed by atoms with Gasteiger partial charge in [0.15, 0.2) is 0 Å². The molecule has 1 fully saturated rings. The maximum atomic E-state index is 13.3. The second-order valence-corrected chi connectivity index (χ2v) is 5.13. The van der Waals surface area contributed by atoms with Crippen molar-refractivity contribution in [1.29, 1.82) is 0 Å². The normalized spacial score (nSPS) is 20.0. The first kappa shape index (κ1) is 12.0. The van der Waals surface area contributed by atoms with E-state index in [1.165, 1.54) is 0 Å². The maximum Gasteiger partial charge on any atom is 0.248 e. The molecule has 1 N–H and O–H groups in total. The van der Waals surface area contributed by atoms with E-state index >= 15 is 0 Å². The van der Waals surface area contributed by atoms with Crippen LogP contribution in [-0.2, 0) is 5.41 Å². The minimum absolute atomic E-state index is 0.506. The van der Waals surface area contributed by atoms with Gasteiger partial charge in [-0.05, 0) is 43.6 Å². The summed E-state index contributed by atoms with van der Waals surface area (Å²) in [6.45, 7) is 1.33. The van der Waals surface area contributed by atoms with Gasteiger partial charge in [0.1, 0.15) is 0 Å². The highest BCUT2D eigenvalue weighted by atomic mass is 79.9. The first-order valence-electron chi connectivity index (χ1n) is 5.40.